The first-order valence-corrected chi connectivity index (χ1v) is 14.1. The number of hydrogen-bond donors (Lipinski definition) is 1. The molecule has 0 bridgehead atoms. The first-order valence-electron chi connectivity index (χ1n) is 12.7. The zero-order valence-electron chi connectivity index (χ0n) is 22.7. The van der Waals surface area contributed by atoms with E-state index in [2.05, 4.69) is 15.0 Å². The van der Waals surface area contributed by atoms with E-state index in [0.29, 0.717) is 16.9 Å². The Kier molecular flexibility index (Phi) is 8.64. The second-order valence-corrected chi connectivity index (χ2v) is 11.4. The lowest BCUT2D eigenvalue weighted by atomic mass is 10.1. The molecular weight excluding hydrogens is 538 g/mol. The summed E-state index contributed by atoms with van der Waals surface area (Å²) in [6.07, 6.45) is -1.26. The number of hydrogen-bond acceptors (Lipinski definition) is 7. The summed E-state index contributed by atoms with van der Waals surface area (Å²) >= 11 is 0. The fourth-order valence-corrected chi connectivity index (χ4v) is 5.06. The Balaban J connectivity index is 1.52. The summed E-state index contributed by atoms with van der Waals surface area (Å²) in [5.41, 5.74) is 1.98. The van der Waals surface area contributed by atoms with Crippen LogP contribution in [0.15, 0.2) is 62.3 Å². The Bertz CT molecular complexity index is 1570. The molecule has 1 aliphatic heterocycles. The van der Waals surface area contributed by atoms with Crippen LogP contribution in [-0.4, -0.2) is 50.2 Å². The Labute approximate surface area is 231 Å². The van der Waals surface area contributed by atoms with E-state index in [1.807, 2.05) is 20.8 Å². The molecule has 2 heterocycles. The van der Waals surface area contributed by atoms with Crippen molar-refractivity contribution in [2.75, 3.05) is 18.5 Å². The van der Waals surface area contributed by atoms with Gasteiger partial charge in [-0.2, -0.15) is 8.42 Å². The van der Waals surface area contributed by atoms with Gasteiger partial charge in [-0.15, -0.1) is 4.40 Å². The zero-order chi connectivity index (χ0) is 29.0. The molecule has 3 aromatic rings. The van der Waals surface area contributed by atoms with E-state index in [9.17, 15) is 22.8 Å². The standard InChI is InChI=1S/C27H31N5O7S/c1-17(2)32-23(26(39-30-32)29-40(36,37)22-11-5-18(3)6-12-22)16-31-13-14-38-24(27(31)35)15-25(34)28-21-9-7-20(8-10-21)19(4)33/h5-12,17,24H,13-16H2,1-4H3,(H,28,34)/b29-26-. The Morgan fingerprint density at radius 1 is 1.15 bits per heavy atom. The van der Waals surface area contributed by atoms with Crippen molar-refractivity contribution in [3.63, 3.8) is 0 Å². The van der Waals surface area contributed by atoms with Gasteiger partial charge in [-0.25, -0.2) is 4.68 Å². The number of sulfonamides is 1. The van der Waals surface area contributed by atoms with Gasteiger partial charge in [0, 0.05) is 17.8 Å². The molecule has 40 heavy (non-hydrogen) atoms. The van der Waals surface area contributed by atoms with Gasteiger partial charge in [0.1, 0.15) is 18.7 Å². The number of Topliss-reactive ketones (excluding diaryl/α,β-unsaturated/α-hetero) is 1. The molecule has 2 aromatic carbocycles. The molecule has 212 valence electrons. The van der Waals surface area contributed by atoms with Crippen molar-refractivity contribution < 1.29 is 36.7 Å². The lowest BCUT2D eigenvalue weighted by Gasteiger charge is -2.31. The highest BCUT2D eigenvalue weighted by atomic mass is 32.2. The number of nitrogens with one attached hydrogen (secondary N) is 1. The molecular formula is C27H31N5O7S. The van der Waals surface area contributed by atoms with Crippen molar-refractivity contribution in [1.82, 2.24) is 10.2 Å². The van der Waals surface area contributed by atoms with Crippen LogP contribution in [0.3, 0.4) is 0 Å². The summed E-state index contributed by atoms with van der Waals surface area (Å²) in [4.78, 5) is 38.8. The van der Waals surface area contributed by atoms with Crippen LogP contribution in [0, 0.1) is 6.92 Å². The molecule has 1 atom stereocenters. The highest BCUT2D eigenvalue weighted by Gasteiger charge is 2.34. The SMILES string of the molecule is CC(=O)c1ccc(NC(=O)CC2OCCN(Cc3/c(=N/S(=O)(=O)c4ccc(C)cc4)o[n-][n+]3C(C)C)C2=O)cc1. The average Bonchev–Trinajstić information content (AvgIpc) is 3.28. The molecule has 0 aliphatic carbocycles. The number of nitrogens with zero attached hydrogens (tertiary/aromatic N) is 4. The lowest BCUT2D eigenvalue weighted by molar-refractivity contribution is -0.790. The van der Waals surface area contributed by atoms with Crippen LogP contribution in [0.2, 0.25) is 0 Å². The molecule has 1 saturated heterocycles. The van der Waals surface area contributed by atoms with Crippen LogP contribution in [-0.2, 0) is 30.9 Å². The second-order valence-electron chi connectivity index (χ2n) is 9.75. The molecule has 12 nitrogen and oxygen atoms in total. The molecule has 1 aromatic heterocycles. The van der Waals surface area contributed by atoms with Gasteiger partial charge in [0.2, 0.25) is 5.91 Å². The third-order valence-corrected chi connectivity index (χ3v) is 7.58. The summed E-state index contributed by atoms with van der Waals surface area (Å²) in [5, 5.41) is 6.66. The topological polar surface area (TPSA) is 153 Å². The average molecular weight is 570 g/mol. The van der Waals surface area contributed by atoms with Gasteiger partial charge in [-0.1, -0.05) is 17.7 Å². The third kappa shape index (κ3) is 6.72. The van der Waals surface area contributed by atoms with Gasteiger partial charge in [-0.3, -0.25) is 19.7 Å². The van der Waals surface area contributed by atoms with E-state index in [-0.39, 0.29) is 48.4 Å². The summed E-state index contributed by atoms with van der Waals surface area (Å²) in [6, 6.07) is 12.5. The number of morpholine rings is 1. The zero-order valence-corrected chi connectivity index (χ0v) is 23.5. The van der Waals surface area contributed by atoms with Crippen LogP contribution >= 0.6 is 0 Å². The predicted octanol–water partition coefficient (Wildman–Crippen LogP) is 1.66. The van der Waals surface area contributed by atoms with Crippen LogP contribution in [0.4, 0.5) is 5.69 Å². The van der Waals surface area contributed by atoms with Crippen molar-refractivity contribution in [2.45, 2.75) is 57.7 Å². The van der Waals surface area contributed by atoms with Gasteiger partial charge in [0.05, 0.1) is 17.9 Å². The number of anilines is 1. The molecule has 0 radical (unpaired) electrons. The maximum atomic E-state index is 13.3. The molecule has 0 spiro atoms. The largest absolute Gasteiger partial charge is 0.486 e. The number of ketones is 1. The normalized spacial score (nSPS) is 16.4. The lowest BCUT2D eigenvalue weighted by Crippen LogP contribution is -2.52. The van der Waals surface area contributed by atoms with E-state index in [0.717, 1.165) is 5.56 Å². The van der Waals surface area contributed by atoms with Gasteiger partial charge in [-0.05, 0) is 64.1 Å². The number of benzene rings is 2. The fourth-order valence-electron chi connectivity index (χ4n) is 4.11. The molecule has 1 aliphatic rings. The van der Waals surface area contributed by atoms with Gasteiger partial charge in [0.25, 0.3) is 27.2 Å². The number of carbonyl (C=O) groups excluding carboxylic acids is 3. The van der Waals surface area contributed by atoms with Crippen molar-refractivity contribution in [1.29, 1.82) is 0 Å². The minimum atomic E-state index is -4.11. The molecule has 1 fully saturated rings. The molecule has 1 N–H and O–H groups in total. The van der Waals surface area contributed by atoms with Crippen LogP contribution in [0.25, 0.3) is 0 Å². The molecule has 4 rings (SSSR count). The Hall–Kier alpha value is -4.10. The Morgan fingerprint density at radius 3 is 2.45 bits per heavy atom. The van der Waals surface area contributed by atoms with Crippen molar-refractivity contribution in [3.05, 3.63) is 70.9 Å². The van der Waals surface area contributed by atoms with Gasteiger partial charge in [0.15, 0.2) is 5.78 Å². The highest BCUT2D eigenvalue weighted by Crippen LogP contribution is 2.16. The van der Waals surface area contributed by atoms with Crippen molar-refractivity contribution in [2.24, 2.45) is 4.40 Å². The number of rotatable bonds is 9. The maximum absolute atomic E-state index is 13.3. The maximum Gasteiger partial charge on any atom is 0.289 e. The van der Waals surface area contributed by atoms with Crippen molar-refractivity contribution in [3.8, 4) is 0 Å². The monoisotopic (exact) mass is 569 g/mol. The highest BCUT2D eigenvalue weighted by molar-refractivity contribution is 7.90. The predicted molar refractivity (Wildman–Crippen MR) is 141 cm³/mol. The van der Waals surface area contributed by atoms with E-state index in [1.165, 1.54) is 28.6 Å². The van der Waals surface area contributed by atoms with E-state index in [4.69, 9.17) is 9.26 Å². The Morgan fingerprint density at radius 2 is 1.82 bits per heavy atom. The third-order valence-electron chi connectivity index (χ3n) is 6.30. The summed E-state index contributed by atoms with van der Waals surface area (Å²) in [7, 11) is -4.11. The van der Waals surface area contributed by atoms with Gasteiger partial charge >= 0.3 is 0 Å². The van der Waals surface area contributed by atoms with E-state index in [1.54, 1.807) is 36.4 Å². The smallest absolute Gasteiger partial charge is 0.289 e. The molecule has 13 heteroatoms. The second kappa shape index (κ2) is 12.0. The first kappa shape index (κ1) is 28.9. The van der Waals surface area contributed by atoms with E-state index >= 15 is 0 Å². The molecule has 2 amide bonds. The number of ether oxygens (including phenoxy) is 1. The van der Waals surface area contributed by atoms with Gasteiger partial charge < -0.3 is 19.5 Å². The van der Waals surface area contributed by atoms with Crippen molar-refractivity contribution >= 4 is 33.3 Å². The number of aromatic nitrogens is 2. The summed E-state index contributed by atoms with van der Waals surface area (Å²) < 4.78 is 42.2. The van der Waals surface area contributed by atoms with E-state index < -0.39 is 27.9 Å². The molecule has 1 unspecified atom stereocenters. The van der Waals surface area contributed by atoms with Crippen LogP contribution < -0.4 is 20.8 Å². The summed E-state index contributed by atoms with van der Waals surface area (Å²) in [5.74, 6) is -0.954. The quantitative estimate of drug-likeness (QED) is 0.302. The fraction of sp³-hybridized carbons (Fsp3) is 0.370. The number of amides is 2. The number of aryl methyl sites for hydroxylation is 1. The minimum Gasteiger partial charge on any atom is -0.486 e. The number of carbonyl (C=O) groups is 3. The first-order chi connectivity index (χ1) is 18.9. The molecule has 0 saturated carbocycles. The van der Waals surface area contributed by atoms with Crippen LogP contribution in [0.1, 0.15) is 54.8 Å². The summed E-state index contributed by atoms with van der Waals surface area (Å²) in [6.45, 7) is 7.32. The minimum absolute atomic E-state index is 0.000931. The van der Waals surface area contributed by atoms with Crippen LogP contribution in [0.5, 0.6) is 0 Å².